The molecule has 0 aliphatic rings. The third-order valence-corrected chi connectivity index (χ3v) is 2.73. The molecule has 0 fully saturated rings. The minimum absolute atomic E-state index is 0.0229. The van der Waals surface area contributed by atoms with Gasteiger partial charge < -0.3 is 19.9 Å². The number of hydrogen-bond acceptors (Lipinski definition) is 4. The molecule has 0 bridgehead atoms. The Morgan fingerprint density at radius 3 is 2.68 bits per heavy atom. The highest BCUT2D eigenvalue weighted by Crippen LogP contribution is 2.17. The first-order valence-electron chi connectivity index (χ1n) is 6.61. The zero-order valence-electron chi connectivity index (χ0n) is 11.8. The van der Waals surface area contributed by atoms with Crippen LogP contribution < -0.4 is 15.4 Å². The van der Waals surface area contributed by atoms with Gasteiger partial charge in [-0.15, -0.1) is 0 Å². The monoisotopic (exact) mass is 311 g/mol. The molecule has 2 N–H and O–H groups in total. The normalized spacial score (nSPS) is 10.5. The number of amides is 2. The van der Waals surface area contributed by atoms with Crippen LogP contribution in [0.3, 0.4) is 0 Å². The second kappa shape index (κ2) is 7.39. The number of halogens is 2. The van der Waals surface area contributed by atoms with E-state index in [9.17, 15) is 13.6 Å². The molecule has 0 aliphatic carbocycles. The van der Waals surface area contributed by atoms with Crippen LogP contribution in [0.2, 0.25) is 0 Å². The van der Waals surface area contributed by atoms with Crippen LogP contribution in [0.1, 0.15) is 18.4 Å². The fourth-order valence-electron chi connectivity index (χ4n) is 1.67. The van der Waals surface area contributed by atoms with Crippen molar-refractivity contribution in [3.8, 4) is 5.75 Å². The van der Waals surface area contributed by atoms with Crippen LogP contribution in [-0.4, -0.2) is 17.8 Å². The zero-order valence-corrected chi connectivity index (χ0v) is 11.8. The van der Waals surface area contributed by atoms with Gasteiger partial charge in [0.05, 0.1) is 12.2 Å². The maximum absolute atomic E-state index is 12.0. The fourth-order valence-corrected chi connectivity index (χ4v) is 1.67. The fraction of sp³-hybridized carbons (Fsp3) is 0.286. The molecule has 2 amide bonds. The number of hydrogen-bond donors (Lipinski definition) is 2. The van der Waals surface area contributed by atoms with Gasteiger partial charge >= 0.3 is 12.6 Å². The van der Waals surface area contributed by atoms with E-state index in [1.807, 2.05) is 6.92 Å². The molecule has 2 rings (SSSR count). The lowest BCUT2D eigenvalue weighted by Crippen LogP contribution is -2.27. The number of alkyl halides is 2. The van der Waals surface area contributed by atoms with Crippen LogP contribution in [0.5, 0.6) is 5.75 Å². The van der Waals surface area contributed by atoms with Gasteiger partial charge in [-0.1, -0.05) is 12.1 Å². The van der Waals surface area contributed by atoms with Crippen LogP contribution in [0.4, 0.5) is 19.3 Å². The summed E-state index contributed by atoms with van der Waals surface area (Å²) in [4.78, 5) is 11.7. The third-order valence-electron chi connectivity index (χ3n) is 2.73. The second-order valence-corrected chi connectivity index (χ2v) is 4.35. The van der Waals surface area contributed by atoms with Gasteiger partial charge in [0.15, 0.2) is 5.76 Å². The van der Waals surface area contributed by atoms with Gasteiger partial charge in [0, 0.05) is 11.8 Å². The molecule has 0 radical (unpaired) electrons. The Morgan fingerprint density at radius 1 is 1.36 bits per heavy atom. The molecule has 1 aromatic heterocycles. The van der Waals surface area contributed by atoms with E-state index in [1.165, 1.54) is 24.3 Å². The number of nitrogens with one attached hydrogen (secondary N) is 2. The van der Waals surface area contributed by atoms with Gasteiger partial charge in [0.25, 0.3) is 0 Å². The molecule has 0 unspecified atom stereocenters. The quantitative estimate of drug-likeness (QED) is 0.859. The summed E-state index contributed by atoms with van der Waals surface area (Å²) in [5.41, 5.74) is 1.26. The van der Waals surface area contributed by atoms with Crippen molar-refractivity contribution < 1.29 is 22.8 Å². The molecule has 0 spiro atoms. The van der Waals surface area contributed by atoms with E-state index in [0.29, 0.717) is 11.4 Å². The van der Waals surface area contributed by atoms with Crippen molar-refractivity contribution in [2.75, 3.05) is 5.32 Å². The third kappa shape index (κ3) is 4.72. The number of rotatable bonds is 6. The van der Waals surface area contributed by atoms with Gasteiger partial charge in [-0.2, -0.15) is 8.78 Å². The SMILES string of the molecule is CCc1cc(CNC(=O)Nc2ccc(OC(F)F)cc2)on1. The van der Waals surface area contributed by atoms with Crippen LogP contribution in [0.15, 0.2) is 34.9 Å². The van der Waals surface area contributed by atoms with E-state index >= 15 is 0 Å². The van der Waals surface area contributed by atoms with Gasteiger partial charge in [0.2, 0.25) is 0 Å². The summed E-state index contributed by atoms with van der Waals surface area (Å²) in [6.45, 7) is -0.730. The Morgan fingerprint density at radius 2 is 2.09 bits per heavy atom. The lowest BCUT2D eigenvalue weighted by Gasteiger charge is -2.08. The lowest BCUT2D eigenvalue weighted by atomic mass is 10.3. The van der Waals surface area contributed by atoms with Gasteiger partial charge in [-0.25, -0.2) is 4.79 Å². The number of aromatic nitrogens is 1. The number of carbonyl (C=O) groups excluding carboxylic acids is 1. The van der Waals surface area contributed by atoms with Crippen LogP contribution >= 0.6 is 0 Å². The minimum atomic E-state index is -2.88. The highest BCUT2D eigenvalue weighted by molar-refractivity contribution is 5.89. The number of benzene rings is 1. The highest BCUT2D eigenvalue weighted by Gasteiger charge is 2.07. The van der Waals surface area contributed by atoms with Crippen molar-refractivity contribution in [1.82, 2.24) is 10.5 Å². The molecular formula is C14H15F2N3O3. The molecule has 0 saturated carbocycles. The van der Waals surface area contributed by atoms with E-state index < -0.39 is 12.6 Å². The maximum atomic E-state index is 12.0. The summed E-state index contributed by atoms with van der Waals surface area (Å²) >= 11 is 0. The highest BCUT2D eigenvalue weighted by atomic mass is 19.3. The van der Waals surface area contributed by atoms with Crippen LogP contribution in [0.25, 0.3) is 0 Å². The first-order valence-corrected chi connectivity index (χ1v) is 6.61. The smallest absolute Gasteiger partial charge is 0.387 e. The van der Waals surface area contributed by atoms with Crippen LogP contribution in [-0.2, 0) is 13.0 Å². The molecule has 2 aromatic rings. The van der Waals surface area contributed by atoms with Crippen molar-refractivity contribution in [2.45, 2.75) is 26.5 Å². The Labute approximate surface area is 125 Å². The Kier molecular flexibility index (Phi) is 5.29. The molecule has 0 atom stereocenters. The predicted octanol–water partition coefficient (Wildman–Crippen LogP) is 3.16. The topological polar surface area (TPSA) is 76.4 Å². The number of ether oxygens (including phenoxy) is 1. The average molecular weight is 311 g/mol. The molecule has 22 heavy (non-hydrogen) atoms. The Balaban J connectivity index is 1.81. The number of urea groups is 1. The van der Waals surface area contributed by atoms with Gasteiger partial charge in [-0.3, -0.25) is 0 Å². The number of aryl methyl sites for hydroxylation is 1. The number of nitrogens with zero attached hydrogens (tertiary/aromatic N) is 1. The molecule has 0 saturated heterocycles. The van der Waals surface area contributed by atoms with Crippen molar-refractivity contribution in [2.24, 2.45) is 0 Å². The number of anilines is 1. The molecule has 8 heteroatoms. The van der Waals surface area contributed by atoms with Crippen molar-refractivity contribution in [3.63, 3.8) is 0 Å². The largest absolute Gasteiger partial charge is 0.435 e. The van der Waals surface area contributed by atoms with Gasteiger partial charge in [0.1, 0.15) is 5.75 Å². The zero-order chi connectivity index (χ0) is 15.9. The summed E-state index contributed by atoms with van der Waals surface area (Å²) in [5, 5.41) is 8.96. The summed E-state index contributed by atoms with van der Waals surface area (Å²) in [6.07, 6.45) is 0.753. The van der Waals surface area contributed by atoms with Crippen molar-refractivity contribution >= 4 is 11.7 Å². The minimum Gasteiger partial charge on any atom is -0.435 e. The van der Waals surface area contributed by atoms with Crippen molar-refractivity contribution in [3.05, 3.63) is 41.8 Å². The summed E-state index contributed by atoms with van der Waals surface area (Å²) in [7, 11) is 0. The summed E-state index contributed by atoms with van der Waals surface area (Å²) < 4.78 is 33.2. The first-order chi connectivity index (χ1) is 10.6. The average Bonchev–Trinajstić information content (AvgIpc) is 2.95. The number of carbonyl (C=O) groups is 1. The summed E-state index contributed by atoms with van der Waals surface area (Å²) in [5.74, 6) is 0.572. The molecule has 6 nitrogen and oxygen atoms in total. The van der Waals surface area contributed by atoms with E-state index in [4.69, 9.17) is 4.52 Å². The predicted molar refractivity (Wildman–Crippen MR) is 74.8 cm³/mol. The Hall–Kier alpha value is -2.64. The first kappa shape index (κ1) is 15.7. The second-order valence-electron chi connectivity index (χ2n) is 4.35. The molecular weight excluding hydrogens is 296 g/mol. The van der Waals surface area contributed by atoms with Gasteiger partial charge in [-0.05, 0) is 30.7 Å². The standard InChI is InChI=1S/C14H15F2N3O3/c1-2-9-7-12(22-19-9)8-17-14(20)18-10-3-5-11(6-4-10)21-13(15)16/h3-7,13H,2,8H2,1H3,(H2,17,18,20). The summed E-state index contributed by atoms with van der Waals surface area (Å²) in [6, 6.07) is 6.91. The van der Waals surface area contributed by atoms with Crippen molar-refractivity contribution in [1.29, 1.82) is 0 Å². The van der Waals surface area contributed by atoms with E-state index in [0.717, 1.165) is 12.1 Å². The molecule has 118 valence electrons. The maximum Gasteiger partial charge on any atom is 0.387 e. The Bertz CT molecular complexity index is 614. The molecule has 1 aromatic carbocycles. The van der Waals surface area contributed by atoms with E-state index in [1.54, 1.807) is 6.07 Å². The molecule has 1 heterocycles. The molecule has 0 aliphatic heterocycles. The van der Waals surface area contributed by atoms with E-state index in [2.05, 4.69) is 20.5 Å². The van der Waals surface area contributed by atoms with Crippen LogP contribution in [0, 0.1) is 0 Å². The van der Waals surface area contributed by atoms with E-state index in [-0.39, 0.29) is 12.3 Å². The lowest BCUT2D eigenvalue weighted by molar-refractivity contribution is -0.0498.